The highest BCUT2D eigenvalue weighted by Gasteiger charge is 2.78. The van der Waals surface area contributed by atoms with Gasteiger partial charge in [-0.3, -0.25) is 4.79 Å². The van der Waals surface area contributed by atoms with E-state index in [4.69, 9.17) is 4.74 Å². The van der Waals surface area contributed by atoms with Crippen LogP contribution >= 0.6 is 0 Å². The Morgan fingerprint density at radius 2 is 1.69 bits per heavy atom. The minimum Gasteiger partial charge on any atom is -0.469 e. The molecule has 0 aromatic carbocycles. The molecular weight excluding hydrogens is 200 g/mol. The van der Waals surface area contributed by atoms with Gasteiger partial charge in [-0.1, -0.05) is 27.7 Å². The molecular formula is C14H22O2. The lowest BCUT2D eigenvalue weighted by Crippen LogP contribution is -2.23. The number of rotatable bonds is 1. The van der Waals surface area contributed by atoms with Gasteiger partial charge >= 0.3 is 5.97 Å². The Balaban J connectivity index is 1.89. The summed E-state index contributed by atoms with van der Waals surface area (Å²) in [7, 11) is 1.52. The summed E-state index contributed by atoms with van der Waals surface area (Å²) in [6.45, 7) is 9.39. The minimum atomic E-state index is 0.0294. The van der Waals surface area contributed by atoms with Crippen LogP contribution in [-0.4, -0.2) is 13.1 Å². The lowest BCUT2D eigenvalue weighted by Gasteiger charge is -2.18. The van der Waals surface area contributed by atoms with Gasteiger partial charge in [0.05, 0.1) is 13.0 Å². The van der Waals surface area contributed by atoms with E-state index in [9.17, 15) is 4.79 Å². The summed E-state index contributed by atoms with van der Waals surface area (Å²) >= 11 is 0. The number of carbonyl (C=O) groups is 1. The number of hydrogen-bond donors (Lipinski definition) is 0. The van der Waals surface area contributed by atoms with Crippen LogP contribution in [0.25, 0.3) is 0 Å². The lowest BCUT2D eigenvalue weighted by molar-refractivity contribution is -0.147. The van der Waals surface area contributed by atoms with Crippen LogP contribution in [0.1, 0.15) is 34.1 Å². The quantitative estimate of drug-likeness (QED) is 0.638. The van der Waals surface area contributed by atoms with Crippen LogP contribution in [0.4, 0.5) is 0 Å². The summed E-state index contributed by atoms with van der Waals surface area (Å²) < 4.78 is 4.98. The zero-order chi connectivity index (χ0) is 11.9. The fourth-order valence-electron chi connectivity index (χ4n) is 4.94. The Bertz CT molecular complexity index is 356. The van der Waals surface area contributed by atoms with Crippen molar-refractivity contribution in [2.45, 2.75) is 34.1 Å². The van der Waals surface area contributed by atoms with Crippen molar-refractivity contribution < 1.29 is 9.53 Å². The minimum absolute atomic E-state index is 0.0294. The third-order valence-corrected chi connectivity index (χ3v) is 5.97. The van der Waals surface area contributed by atoms with Gasteiger partial charge in [0, 0.05) is 0 Å². The molecule has 3 aliphatic rings. The maximum Gasteiger partial charge on any atom is 0.308 e. The summed E-state index contributed by atoms with van der Waals surface area (Å²) in [5.41, 5.74) is 0.839. The number of methoxy groups -OCH3 is 1. The fraction of sp³-hybridized carbons (Fsp3) is 0.929. The van der Waals surface area contributed by atoms with Gasteiger partial charge in [0.1, 0.15) is 0 Å². The molecule has 3 rings (SSSR count). The third-order valence-electron chi connectivity index (χ3n) is 5.97. The van der Waals surface area contributed by atoms with Gasteiger partial charge < -0.3 is 4.74 Å². The average molecular weight is 222 g/mol. The second kappa shape index (κ2) is 2.65. The number of esters is 1. The van der Waals surface area contributed by atoms with E-state index in [-0.39, 0.29) is 11.9 Å². The fourth-order valence-corrected chi connectivity index (χ4v) is 4.94. The van der Waals surface area contributed by atoms with Gasteiger partial charge in [-0.25, -0.2) is 0 Å². The molecule has 3 aliphatic carbocycles. The SMILES string of the molecule is COC(=O)C1CC2C(C3C1C3(C)C)C2(C)C. The van der Waals surface area contributed by atoms with Gasteiger partial charge in [-0.15, -0.1) is 0 Å². The summed E-state index contributed by atoms with van der Waals surface area (Å²) in [5.74, 6) is 3.19. The first-order valence-corrected chi connectivity index (χ1v) is 6.41. The molecule has 0 bridgehead atoms. The summed E-state index contributed by atoms with van der Waals surface area (Å²) in [5, 5.41) is 0. The van der Waals surface area contributed by atoms with Crippen LogP contribution in [0.2, 0.25) is 0 Å². The van der Waals surface area contributed by atoms with Crippen LogP contribution in [0.5, 0.6) is 0 Å². The van der Waals surface area contributed by atoms with Gasteiger partial charge in [0.25, 0.3) is 0 Å². The highest BCUT2D eigenvalue weighted by molar-refractivity contribution is 5.74. The largest absolute Gasteiger partial charge is 0.469 e. The molecule has 5 unspecified atom stereocenters. The number of carbonyl (C=O) groups excluding carboxylic acids is 1. The van der Waals surface area contributed by atoms with Crippen molar-refractivity contribution in [3.63, 3.8) is 0 Å². The van der Waals surface area contributed by atoms with E-state index in [1.165, 1.54) is 7.11 Å². The molecule has 0 radical (unpaired) electrons. The average Bonchev–Trinajstić information content (AvgIpc) is 2.98. The van der Waals surface area contributed by atoms with E-state index in [2.05, 4.69) is 27.7 Å². The predicted octanol–water partition coefficient (Wildman–Crippen LogP) is 2.72. The van der Waals surface area contributed by atoms with Gasteiger partial charge in [-0.05, 0) is 40.9 Å². The Labute approximate surface area is 97.7 Å². The third kappa shape index (κ3) is 1.01. The Hall–Kier alpha value is -0.530. The Morgan fingerprint density at radius 3 is 2.25 bits per heavy atom. The van der Waals surface area contributed by atoms with Crippen molar-refractivity contribution >= 4 is 5.97 Å². The maximum absolute atomic E-state index is 11.8. The first kappa shape index (κ1) is 10.6. The molecule has 0 saturated heterocycles. The highest BCUT2D eigenvalue weighted by Crippen LogP contribution is 2.82. The maximum atomic E-state index is 11.8. The van der Waals surface area contributed by atoms with Crippen molar-refractivity contribution in [2.24, 2.45) is 40.4 Å². The molecule has 3 saturated carbocycles. The molecule has 0 spiro atoms. The molecule has 5 atom stereocenters. The van der Waals surface area contributed by atoms with Crippen LogP contribution in [0.3, 0.4) is 0 Å². The predicted molar refractivity (Wildman–Crippen MR) is 61.6 cm³/mol. The molecule has 0 heterocycles. The molecule has 2 nitrogen and oxygen atoms in total. The van der Waals surface area contributed by atoms with Crippen LogP contribution in [0, 0.1) is 40.4 Å². The van der Waals surface area contributed by atoms with Gasteiger partial charge in [0.15, 0.2) is 0 Å². The van der Waals surface area contributed by atoms with Gasteiger partial charge in [-0.2, -0.15) is 0 Å². The molecule has 0 aromatic heterocycles. The van der Waals surface area contributed by atoms with E-state index in [0.29, 0.717) is 16.7 Å². The van der Waals surface area contributed by atoms with Crippen molar-refractivity contribution in [2.75, 3.05) is 7.11 Å². The zero-order valence-electron chi connectivity index (χ0n) is 10.9. The van der Waals surface area contributed by atoms with E-state index < -0.39 is 0 Å². The lowest BCUT2D eigenvalue weighted by atomic mass is 9.88. The molecule has 16 heavy (non-hydrogen) atoms. The zero-order valence-corrected chi connectivity index (χ0v) is 10.9. The number of hydrogen-bond acceptors (Lipinski definition) is 2. The van der Waals surface area contributed by atoms with Crippen LogP contribution in [-0.2, 0) is 9.53 Å². The number of ether oxygens (including phenoxy) is 1. The van der Waals surface area contributed by atoms with E-state index in [0.717, 1.165) is 24.2 Å². The number of fused-ring (bicyclic) bond motifs is 3. The molecule has 3 fully saturated rings. The first-order valence-electron chi connectivity index (χ1n) is 6.41. The first-order chi connectivity index (χ1) is 7.33. The highest BCUT2D eigenvalue weighted by atomic mass is 16.5. The topological polar surface area (TPSA) is 26.3 Å². The smallest absolute Gasteiger partial charge is 0.308 e. The van der Waals surface area contributed by atoms with Crippen molar-refractivity contribution in [3.8, 4) is 0 Å². The molecule has 2 heteroatoms. The van der Waals surface area contributed by atoms with Crippen molar-refractivity contribution in [1.82, 2.24) is 0 Å². The molecule has 0 amide bonds. The summed E-state index contributed by atoms with van der Waals surface area (Å²) in [6.07, 6.45) is 1.06. The van der Waals surface area contributed by atoms with E-state index in [1.807, 2.05) is 0 Å². The van der Waals surface area contributed by atoms with Crippen LogP contribution in [0.15, 0.2) is 0 Å². The molecule has 0 aromatic rings. The standard InChI is InChI=1S/C14H22O2/c1-13(2)8-6-7(12(15)16-5)9-11(10(8)13)14(9,3)4/h7-11H,6H2,1-5H3. The van der Waals surface area contributed by atoms with E-state index in [1.54, 1.807) is 0 Å². The second-order valence-corrected chi connectivity index (χ2v) is 7.19. The second-order valence-electron chi connectivity index (χ2n) is 7.19. The van der Waals surface area contributed by atoms with Crippen molar-refractivity contribution in [3.05, 3.63) is 0 Å². The van der Waals surface area contributed by atoms with Crippen molar-refractivity contribution in [1.29, 1.82) is 0 Å². The molecule has 90 valence electrons. The normalized spacial score (nSPS) is 49.9. The van der Waals surface area contributed by atoms with Crippen LogP contribution < -0.4 is 0 Å². The summed E-state index contributed by atoms with van der Waals surface area (Å²) in [4.78, 5) is 11.8. The van der Waals surface area contributed by atoms with Gasteiger partial charge in [0.2, 0.25) is 0 Å². The molecule has 0 N–H and O–H groups in total. The Morgan fingerprint density at radius 1 is 1.06 bits per heavy atom. The Kier molecular flexibility index (Phi) is 1.76. The monoisotopic (exact) mass is 222 g/mol. The van der Waals surface area contributed by atoms with E-state index >= 15 is 0 Å². The molecule has 0 aliphatic heterocycles. The summed E-state index contributed by atoms with van der Waals surface area (Å²) in [6, 6.07) is 0.